The molecule has 152 valence electrons. The van der Waals surface area contributed by atoms with Crippen LogP contribution in [-0.2, 0) is 11.3 Å². The molecule has 1 heterocycles. The second-order valence-corrected chi connectivity index (χ2v) is 7.54. The third kappa shape index (κ3) is 6.03. The molecule has 1 atom stereocenters. The van der Waals surface area contributed by atoms with Crippen molar-refractivity contribution in [3.63, 3.8) is 0 Å². The molecule has 29 heavy (non-hydrogen) atoms. The molecule has 5 nitrogen and oxygen atoms in total. The second kappa shape index (κ2) is 10.0. The van der Waals surface area contributed by atoms with Crippen molar-refractivity contribution in [2.75, 3.05) is 18.9 Å². The van der Waals surface area contributed by atoms with Crippen LogP contribution in [0.5, 0.6) is 0 Å². The zero-order chi connectivity index (χ0) is 20.6. The Labute approximate surface area is 172 Å². The lowest BCUT2D eigenvalue weighted by Gasteiger charge is -2.33. The molecule has 1 unspecified atom stereocenters. The molecule has 1 saturated heterocycles. The predicted octanol–water partition coefficient (Wildman–Crippen LogP) is 4.07. The van der Waals surface area contributed by atoms with Gasteiger partial charge in [-0.3, -0.25) is 14.5 Å². The van der Waals surface area contributed by atoms with E-state index in [0.29, 0.717) is 11.6 Å². The lowest BCUT2D eigenvalue weighted by atomic mass is 10.0. The van der Waals surface area contributed by atoms with Gasteiger partial charge in [-0.25, -0.2) is 0 Å². The van der Waals surface area contributed by atoms with Crippen molar-refractivity contribution < 1.29 is 9.59 Å². The van der Waals surface area contributed by atoms with Crippen LogP contribution in [0.2, 0.25) is 0 Å². The Morgan fingerprint density at radius 3 is 2.45 bits per heavy atom. The molecular formula is C24H29N3O2. The SMILES string of the molecule is CNC(=O)c1ccc(/C=C/C(=O)Nc2ccc(CN3CCCCC3C)cc2)cc1. The number of hydrogen-bond acceptors (Lipinski definition) is 3. The fourth-order valence-electron chi connectivity index (χ4n) is 3.57. The molecule has 2 aromatic rings. The van der Waals surface area contributed by atoms with E-state index in [0.717, 1.165) is 24.3 Å². The summed E-state index contributed by atoms with van der Waals surface area (Å²) in [6.45, 7) is 4.42. The number of likely N-dealkylation sites (tertiary alicyclic amines) is 1. The standard InChI is InChI=1S/C24H29N3O2/c1-18-5-3-4-16-27(18)17-20-8-13-22(14-9-20)26-23(28)15-10-19-6-11-21(12-7-19)24(29)25-2/h6-15,18H,3-5,16-17H2,1-2H3,(H,25,29)(H,26,28)/b15-10+. The highest BCUT2D eigenvalue weighted by Gasteiger charge is 2.17. The number of anilines is 1. The van der Waals surface area contributed by atoms with Crippen LogP contribution in [0.15, 0.2) is 54.6 Å². The van der Waals surface area contributed by atoms with Crippen molar-refractivity contribution in [2.24, 2.45) is 0 Å². The van der Waals surface area contributed by atoms with Crippen molar-refractivity contribution in [2.45, 2.75) is 38.8 Å². The number of rotatable bonds is 6. The number of carbonyl (C=O) groups is 2. The maximum Gasteiger partial charge on any atom is 0.251 e. The summed E-state index contributed by atoms with van der Waals surface area (Å²) in [4.78, 5) is 26.3. The Morgan fingerprint density at radius 2 is 1.79 bits per heavy atom. The monoisotopic (exact) mass is 391 g/mol. The van der Waals surface area contributed by atoms with Crippen LogP contribution in [-0.4, -0.2) is 36.3 Å². The van der Waals surface area contributed by atoms with Gasteiger partial charge in [-0.05, 0) is 67.8 Å². The molecule has 2 N–H and O–H groups in total. The van der Waals surface area contributed by atoms with Crippen LogP contribution in [0.1, 0.15) is 47.7 Å². The maximum absolute atomic E-state index is 12.2. The first-order valence-corrected chi connectivity index (χ1v) is 10.2. The fourth-order valence-corrected chi connectivity index (χ4v) is 3.57. The molecule has 3 rings (SSSR count). The van der Waals surface area contributed by atoms with Crippen molar-refractivity contribution in [1.29, 1.82) is 0 Å². The molecule has 1 fully saturated rings. The second-order valence-electron chi connectivity index (χ2n) is 7.54. The van der Waals surface area contributed by atoms with E-state index in [1.165, 1.54) is 30.9 Å². The first-order chi connectivity index (χ1) is 14.0. The molecule has 2 aromatic carbocycles. The molecule has 5 heteroatoms. The minimum Gasteiger partial charge on any atom is -0.355 e. The summed E-state index contributed by atoms with van der Waals surface area (Å²) in [7, 11) is 1.60. The molecule has 0 spiro atoms. The first kappa shape index (κ1) is 20.8. The Bertz CT molecular complexity index is 857. The molecule has 2 amide bonds. The van der Waals surface area contributed by atoms with Crippen LogP contribution >= 0.6 is 0 Å². The number of amides is 2. The third-order valence-electron chi connectivity index (χ3n) is 5.37. The summed E-state index contributed by atoms with van der Waals surface area (Å²) in [5.74, 6) is -0.311. The summed E-state index contributed by atoms with van der Waals surface area (Å²) in [5.41, 5.74) is 3.50. The summed E-state index contributed by atoms with van der Waals surface area (Å²) in [6, 6.07) is 15.8. The predicted molar refractivity (Wildman–Crippen MR) is 118 cm³/mol. The summed E-state index contributed by atoms with van der Waals surface area (Å²) in [5, 5.41) is 5.47. The van der Waals surface area contributed by atoms with E-state index in [-0.39, 0.29) is 11.8 Å². The van der Waals surface area contributed by atoms with E-state index in [9.17, 15) is 9.59 Å². The van der Waals surface area contributed by atoms with E-state index in [1.807, 2.05) is 24.3 Å². The van der Waals surface area contributed by atoms with Crippen molar-refractivity contribution in [3.05, 3.63) is 71.3 Å². The highest BCUT2D eigenvalue weighted by molar-refractivity contribution is 6.02. The minimum atomic E-state index is -0.183. The molecule has 0 aromatic heterocycles. The lowest BCUT2D eigenvalue weighted by molar-refractivity contribution is -0.111. The summed E-state index contributed by atoms with van der Waals surface area (Å²) in [6.07, 6.45) is 7.11. The van der Waals surface area contributed by atoms with E-state index < -0.39 is 0 Å². The van der Waals surface area contributed by atoms with Gasteiger partial charge in [0, 0.05) is 37.0 Å². The van der Waals surface area contributed by atoms with Gasteiger partial charge in [-0.2, -0.15) is 0 Å². The molecular weight excluding hydrogens is 362 g/mol. The molecule has 1 aliphatic rings. The normalized spacial score (nSPS) is 17.2. The third-order valence-corrected chi connectivity index (χ3v) is 5.37. The Hall–Kier alpha value is -2.92. The van der Waals surface area contributed by atoms with Gasteiger partial charge >= 0.3 is 0 Å². The van der Waals surface area contributed by atoms with Crippen molar-refractivity contribution >= 4 is 23.6 Å². The van der Waals surface area contributed by atoms with Gasteiger partial charge in [-0.15, -0.1) is 0 Å². The van der Waals surface area contributed by atoms with Crippen LogP contribution < -0.4 is 10.6 Å². The van der Waals surface area contributed by atoms with E-state index in [2.05, 4.69) is 34.6 Å². The minimum absolute atomic E-state index is 0.128. The van der Waals surface area contributed by atoms with Gasteiger partial charge in [0.25, 0.3) is 5.91 Å². The number of hydrogen-bond donors (Lipinski definition) is 2. The molecule has 0 aliphatic carbocycles. The number of benzene rings is 2. The van der Waals surface area contributed by atoms with Gasteiger partial charge in [0.15, 0.2) is 0 Å². The van der Waals surface area contributed by atoms with Crippen molar-refractivity contribution in [1.82, 2.24) is 10.2 Å². The van der Waals surface area contributed by atoms with E-state index in [1.54, 1.807) is 25.3 Å². The average molecular weight is 392 g/mol. The number of nitrogens with zero attached hydrogens (tertiary/aromatic N) is 1. The van der Waals surface area contributed by atoms with Gasteiger partial charge in [0.2, 0.25) is 5.91 Å². The highest BCUT2D eigenvalue weighted by Crippen LogP contribution is 2.20. The van der Waals surface area contributed by atoms with Crippen molar-refractivity contribution in [3.8, 4) is 0 Å². The topological polar surface area (TPSA) is 61.4 Å². The molecule has 0 bridgehead atoms. The summed E-state index contributed by atoms with van der Waals surface area (Å²) >= 11 is 0. The number of carbonyl (C=O) groups excluding carboxylic acids is 2. The number of nitrogens with one attached hydrogen (secondary N) is 2. The smallest absolute Gasteiger partial charge is 0.251 e. The molecule has 1 aliphatic heterocycles. The van der Waals surface area contributed by atoms with Gasteiger partial charge in [0.1, 0.15) is 0 Å². The van der Waals surface area contributed by atoms with Crippen LogP contribution in [0.25, 0.3) is 6.08 Å². The summed E-state index contributed by atoms with van der Waals surface area (Å²) < 4.78 is 0. The number of piperidine rings is 1. The van der Waals surface area contributed by atoms with Crippen LogP contribution in [0.4, 0.5) is 5.69 Å². The highest BCUT2D eigenvalue weighted by atomic mass is 16.2. The Balaban J connectivity index is 1.52. The Kier molecular flexibility index (Phi) is 7.19. The quantitative estimate of drug-likeness (QED) is 0.730. The molecule has 0 radical (unpaired) electrons. The van der Waals surface area contributed by atoms with E-state index in [4.69, 9.17) is 0 Å². The lowest BCUT2D eigenvalue weighted by Crippen LogP contribution is -2.36. The van der Waals surface area contributed by atoms with E-state index >= 15 is 0 Å². The average Bonchev–Trinajstić information content (AvgIpc) is 2.75. The Morgan fingerprint density at radius 1 is 1.07 bits per heavy atom. The van der Waals surface area contributed by atoms with Gasteiger partial charge in [-0.1, -0.05) is 30.7 Å². The largest absolute Gasteiger partial charge is 0.355 e. The zero-order valence-electron chi connectivity index (χ0n) is 17.2. The van der Waals surface area contributed by atoms with Gasteiger partial charge in [0.05, 0.1) is 0 Å². The van der Waals surface area contributed by atoms with Crippen LogP contribution in [0, 0.1) is 0 Å². The van der Waals surface area contributed by atoms with Crippen LogP contribution in [0.3, 0.4) is 0 Å². The zero-order valence-corrected chi connectivity index (χ0v) is 17.2. The first-order valence-electron chi connectivity index (χ1n) is 10.2. The maximum atomic E-state index is 12.2. The molecule has 0 saturated carbocycles. The van der Waals surface area contributed by atoms with Gasteiger partial charge < -0.3 is 10.6 Å². The fraction of sp³-hybridized carbons (Fsp3) is 0.333.